The zero-order valence-corrected chi connectivity index (χ0v) is 21.1. The van der Waals surface area contributed by atoms with Crippen LogP contribution in [0.4, 0.5) is 4.79 Å². The average Bonchev–Trinajstić information content (AvgIpc) is 3.30. The van der Waals surface area contributed by atoms with E-state index in [0.29, 0.717) is 18.5 Å². The molecule has 0 aliphatic carbocycles. The molecule has 0 unspecified atom stereocenters. The maximum atomic E-state index is 13.3. The third kappa shape index (κ3) is 5.34. The van der Waals surface area contributed by atoms with Gasteiger partial charge >= 0.3 is 11.8 Å². The second-order valence-corrected chi connectivity index (χ2v) is 10.6. The van der Waals surface area contributed by atoms with Crippen molar-refractivity contribution in [3.8, 4) is 0 Å². The predicted octanol–water partition coefficient (Wildman–Crippen LogP) is 2.92. The molecule has 1 amide bonds. The van der Waals surface area contributed by atoms with Crippen LogP contribution < -0.4 is 11.2 Å². The first-order chi connectivity index (χ1) is 16.4. The first-order valence-electron chi connectivity index (χ1n) is 11.8. The number of carbonyl (C=O) groups excluding carboxylic acids is 1. The van der Waals surface area contributed by atoms with Crippen molar-refractivity contribution in [1.82, 2.24) is 19.5 Å². The van der Waals surface area contributed by atoms with Crippen molar-refractivity contribution in [1.29, 1.82) is 0 Å². The Labute approximate surface area is 204 Å². The largest absolute Gasteiger partial charge is 0.444 e. The Morgan fingerprint density at radius 1 is 1.17 bits per heavy atom. The molecule has 1 N–H and O–H groups in total. The molecule has 3 heterocycles. The number of hydrogen-bond donors (Lipinski definition) is 1. The highest BCUT2D eigenvalue weighted by Gasteiger charge is 2.52. The highest BCUT2D eigenvalue weighted by molar-refractivity contribution is 5.70. The summed E-state index contributed by atoms with van der Waals surface area (Å²) in [4.78, 5) is 48.0. The van der Waals surface area contributed by atoms with Gasteiger partial charge in [0, 0.05) is 24.7 Å². The average molecular weight is 487 g/mol. The molecule has 2 fully saturated rings. The topological polar surface area (TPSA) is 106 Å². The Hall–Kier alpha value is -2.95. The SMILES string of the molecule is Cc1cn([C@H]2C[C@H]([C@@H]3COC(C)(C)N3C(=O)OC(C)(C)C)N(Cc3ccccc3)O2)c(=O)[nH]c1=O. The molecular weight excluding hydrogens is 452 g/mol. The summed E-state index contributed by atoms with van der Waals surface area (Å²) < 4.78 is 13.1. The first kappa shape index (κ1) is 25.2. The first-order valence-corrected chi connectivity index (χ1v) is 11.8. The molecule has 10 nitrogen and oxygen atoms in total. The van der Waals surface area contributed by atoms with Crippen LogP contribution in [0.3, 0.4) is 0 Å². The van der Waals surface area contributed by atoms with Crippen LogP contribution >= 0.6 is 0 Å². The highest BCUT2D eigenvalue weighted by Crippen LogP contribution is 2.39. The quantitative estimate of drug-likeness (QED) is 0.708. The lowest BCUT2D eigenvalue weighted by Crippen LogP contribution is -2.55. The van der Waals surface area contributed by atoms with Crippen LogP contribution in [0.1, 0.15) is 58.4 Å². The molecule has 10 heteroatoms. The monoisotopic (exact) mass is 486 g/mol. The number of aromatic amines is 1. The number of ether oxygens (including phenoxy) is 2. The molecule has 0 saturated carbocycles. The standard InChI is InChI=1S/C25H34N4O6/c1-16-13-27(22(31)26-21(16)30)20-12-18(28(35-20)14-17-10-8-7-9-11-17)19-15-33-25(5,6)29(19)23(32)34-24(2,3)4/h7-11,13,18-20H,12,14-15H2,1-6H3,(H,26,30,31)/t18-,19+,20-/m1/s1. The van der Waals surface area contributed by atoms with Gasteiger partial charge in [-0.1, -0.05) is 30.3 Å². The molecule has 35 heavy (non-hydrogen) atoms. The number of nitrogens with one attached hydrogen (secondary N) is 1. The van der Waals surface area contributed by atoms with Crippen LogP contribution in [0.15, 0.2) is 46.1 Å². The molecule has 2 aliphatic heterocycles. The third-order valence-corrected chi connectivity index (χ3v) is 6.26. The molecule has 0 bridgehead atoms. The maximum Gasteiger partial charge on any atom is 0.412 e. The number of aromatic nitrogens is 2. The van der Waals surface area contributed by atoms with Gasteiger partial charge in [0.05, 0.1) is 18.7 Å². The number of hydroxylamine groups is 2. The van der Waals surface area contributed by atoms with Gasteiger partial charge in [-0.25, -0.2) is 9.59 Å². The van der Waals surface area contributed by atoms with Crippen molar-refractivity contribution in [2.75, 3.05) is 6.61 Å². The molecule has 3 atom stereocenters. The second kappa shape index (κ2) is 9.25. The minimum atomic E-state index is -0.880. The lowest BCUT2D eigenvalue weighted by Gasteiger charge is -2.38. The number of nitrogens with zero attached hydrogens (tertiary/aromatic N) is 3. The van der Waals surface area contributed by atoms with Crippen molar-refractivity contribution in [2.45, 2.75) is 84.1 Å². The van der Waals surface area contributed by atoms with Crippen molar-refractivity contribution in [2.24, 2.45) is 0 Å². The Morgan fingerprint density at radius 3 is 2.51 bits per heavy atom. The Balaban J connectivity index is 1.69. The van der Waals surface area contributed by atoms with Gasteiger partial charge in [0.2, 0.25) is 0 Å². The summed E-state index contributed by atoms with van der Waals surface area (Å²) >= 11 is 0. The van der Waals surface area contributed by atoms with Gasteiger partial charge in [0.15, 0.2) is 6.23 Å². The van der Waals surface area contributed by atoms with Crippen molar-refractivity contribution in [3.05, 3.63) is 68.5 Å². The molecule has 4 rings (SSSR count). The minimum Gasteiger partial charge on any atom is -0.444 e. The van der Waals surface area contributed by atoms with E-state index in [-0.39, 0.29) is 18.7 Å². The third-order valence-electron chi connectivity index (χ3n) is 6.26. The van der Waals surface area contributed by atoms with E-state index in [0.717, 1.165) is 5.56 Å². The van der Waals surface area contributed by atoms with Crippen LogP contribution in [-0.2, 0) is 20.9 Å². The summed E-state index contributed by atoms with van der Waals surface area (Å²) in [5.74, 6) is 0. The van der Waals surface area contributed by atoms with Crippen molar-refractivity contribution < 1.29 is 19.1 Å². The van der Waals surface area contributed by atoms with Gasteiger partial charge < -0.3 is 9.47 Å². The van der Waals surface area contributed by atoms with E-state index >= 15 is 0 Å². The lowest BCUT2D eigenvalue weighted by atomic mass is 10.0. The van der Waals surface area contributed by atoms with Crippen LogP contribution in [-0.4, -0.2) is 55.6 Å². The molecule has 2 saturated heterocycles. The van der Waals surface area contributed by atoms with Crippen molar-refractivity contribution >= 4 is 6.09 Å². The number of benzene rings is 1. The molecule has 0 spiro atoms. The number of H-pyrrole nitrogens is 1. The summed E-state index contributed by atoms with van der Waals surface area (Å²) in [7, 11) is 0. The van der Waals surface area contributed by atoms with Gasteiger partial charge in [0.1, 0.15) is 11.3 Å². The molecule has 1 aromatic heterocycles. The molecular formula is C25H34N4O6. The summed E-state index contributed by atoms with van der Waals surface area (Å²) in [6.45, 7) is 11.5. The summed E-state index contributed by atoms with van der Waals surface area (Å²) in [5.41, 5.74) is -1.09. The normalized spacial score (nSPS) is 24.6. The lowest BCUT2D eigenvalue weighted by molar-refractivity contribution is -0.196. The van der Waals surface area contributed by atoms with E-state index in [1.165, 1.54) is 10.8 Å². The van der Waals surface area contributed by atoms with E-state index in [1.807, 2.05) is 65.0 Å². The summed E-state index contributed by atoms with van der Waals surface area (Å²) in [5, 5.41) is 1.81. The highest BCUT2D eigenvalue weighted by atomic mass is 16.7. The smallest absolute Gasteiger partial charge is 0.412 e. The van der Waals surface area contributed by atoms with Crippen LogP contribution in [0.2, 0.25) is 0 Å². The summed E-state index contributed by atoms with van der Waals surface area (Å²) in [6, 6.07) is 9.14. The molecule has 2 aliphatic rings. The van der Waals surface area contributed by atoms with E-state index in [2.05, 4.69) is 4.98 Å². The summed E-state index contributed by atoms with van der Waals surface area (Å²) in [6.07, 6.45) is 0.790. The van der Waals surface area contributed by atoms with Gasteiger partial charge in [-0.3, -0.25) is 24.1 Å². The van der Waals surface area contributed by atoms with E-state index in [4.69, 9.17) is 14.3 Å². The Bertz CT molecular complexity index is 1180. The minimum absolute atomic E-state index is 0.290. The van der Waals surface area contributed by atoms with Crippen molar-refractivity contribution in [3.63, 3.8) is 0 Å². The fraction of sp³-hybridized carbons (Fsp3) is 0.560. The van der Waals surface area contributed by atoms with Crippen LogP contribution in [0.25, 0.3) is 0 Å². The van der Waals surface area contributed by atoms with E-state index < -0.39 is 34.9 Å². The number of aryl methyl sites for hydroxylation is 1. The van der Waals surface area contributed by atoms with E-state index in [9.17, 15) is 14.4 Å². The van der Waals surface area contributed by atoms with Gasteiger partial charge in [0.25, 0.3) is 5.56 Å². The van der Waals surface area contributed by atoms with Gasteiger partial charge in [-0.2, -0.15) is 5.06 Å². The number of rotatable bonds is 4. The zero-order chi connectivity index (χ0) is 25.5. The van der Waals surface area contributed by atoms with Gasteiger partial charge in [-0.05, 0) is 47.1 Å². The molecule has 2 aromatic rings. The zero-order valence-electron chi connectivity index (χ0n) is 21.1. The Morgan fingerprint density at radius 2 is 1.86 bits per heavy atom. The number of carbonyl (C=O) groups is 1. The molecule has 1 aromatic carbocycles. The maximum absolute atomic E-state index is 13.3. The fourth-order valence-corrected chi connectivity index (χ4v) is 4.62. The molecule has 190 valence electrons. The predicted molar refractivity (Wildman–Crippen MR) is 128 cm³/mol. The van der Waals surface area contributed by atoms with Crippen LogP contribution in [0, 0.1) is 6.92 Å². The van der Waals surface area contributed by atoms with Gasteiger partial charge in [-0.15, -0.1) is 0 Å². The Kier molecular flexibility index (Phi) is 6.65. The second-order valence-electron chi connectivity index (χ2n) is 10.6. The number of amides is 1. The fourth-order valence-electron chi connectivity index (χ4n) is 4.62. The molecule has 0 radical (unpaired) electrons. The van der Waals surface area contributed by atoms with E-state index in [1.54, 1.807) is 16.9 Å². The number of hydrogen-bond acceptors (Lipinski definition) is 7. The van der Waals surface area contributed by atoms with Crippen LogP contribution in [0.5, 0.6) is 0 Å².